The highest BCUT2D eigenvalue weighted by atomic mass is 16.5. The number of nitrogens with zero attached hydrogens (tertiary/aromatic N) is 3. The predicted octanol–water partition coefficient (Wildman–Crippen LogP) is 1.65. The molecule has 0 aliphatic heterocycles. The predicted molar refractivity (Wildman–Crippen MR) is 71.6 cm³/mol. The second kappa shape index (κ2) is 5.40. The first-order chi connectivity index (χ1) is 9.29. The number of aryl methyl sites for hydroxylation is 1. The van der Waals surface area contributed by atoms with Gasteiger partial charge in [0.2, 0.25) is 0 Å². The molecule has 0 aromatic carbocycles. The average molecular weight is 258 g/mol. The molecule has 1 N–H and O–H groups in total. The third-order valence-electron chi connectivity index (χ3n) is 3.11. The molecule has 0 spiro atoms. The SMILES string of the molecule is Cn1cc(COc2ccc(CNC3CC3)nc2)cn1. The van der Waals surface area contributed by atoms with Crippen molar-refractivity contribution < 1.29 is 4.74 Å². The van der Waals surface area contributed by atoms with E-state index in [0.29, 0.717) is 12.6 Å². The van der Waals surface area contributed by atoms with E-state index in [1.807, 2.05) is 25.4 Å². The fraction of sp³-hybridized carbons (Fsp3) is 0.429. The number of rotatable bonds is 6. The maximum atomic E-state index is 5.66. The Morgan fingerprint density at radius 1 is 1.37 bits per heavy atom. The summed E-state index contributed by atoms with van der Waals surface area (Å²) >= 11 is 0. The van der Waals surface area contributed by atoms with Crippen LogP contribution in [0.1, 0.15) is 24.1 Å². The van der Waals surface area contributed by atoms with Crippen molar-refractivity contribution in [3.63, 3.8) is 0 Å². The largest absolute Gasteiger partial charge is 0.487 e. The molecule has 0 unspecified atom stereocenters. The van der Waals surface area contributed by atoms with Gasteiger partial charge in [-0.3, -0.25) is 9.67 Å². The monoisotopic (exact) mass is 258 g/mol. The first-order valence-corrected chi connectivity index (χ1v) is 6.58. The van der Waals surface area contributed by atoms with Gasteiger partial charge in [-0.05, 0) is 25.0 Å². The summed E-state index contributed by atoms with van der Waals surface area (Å²) in [5.74, 6) is 0.791. The van der Waals surface area contributed by atoms with Crippen molar-refractivity contribution in [2.24, 2.45) is 7.05 Å². The summed E-state index contributed by atoms with van der Waals surface area (Å²) in [6, 6.07) is 4.68. The van der Waals surface area contributed by atoms with Gasteiger partial charge >= 0.3 is 0 Å². The second-order valence-electron chi connectivity index (χ2n) is 4.95. The molecule has 2 aromatic rings. The van der Waals surface area contributed by atoms with Gasteiger partial charge in [0.15, 0.2) is 0 Å². The van der Waals surface area contributed by atoms with E-state index in [-0.39, 0.29) is 0 Å². The Hall–Kier alpha value is -1.88. The molecule has 2 heterocycles. The molecular weight excluding hydrogens is 240 g/mol. The van der Waals surface area contributed by atoms with E-state index < -0.39 is 0 Å². The molecule has 1 aliphatic rings. The van der Waals surface area contributed by atoms with Crippen LogP contribution in [0.25, 0.3) is 0 Å². The van der Waals surface area contributed by atoms with Gasteiger partial charge < -0.3 is 10.1 Å². The van der Waals surface area contributed by atoms with Gasteiger partial charge in [-0.15, -0.1) is 0 Å². The minimum absolute atomic E-state index is 0.523. The van der Waals surface area contributed by atoms with Crippen molar-refractivity contribution >= 4 is 0 Å². The summed E-state index contributed by atoms with van der Waals surface area (Å²) in [7, 11) is 1.90. The van der Waals surface area contributed by atoms with Crippen molar-refractivity contribution in [1.29, 1.82) is 0 Å². The summed E-state index contributed by atoms with van der Waals surface area (Å²) in [5.41, 5.74) is 2.11. The smallest absolute Gasteiger partial charge is 0.138 e. The van der Waals surface area contributed by atoms with Crippen LogP contribution in [0.2, 0.25) is 0 Å². The zero-order valence-corrected chi connectivity index (χ0v) is 11.0. The van der Waals surface area contributed by atoms with Gasteiger partial charge in [0.1, 0.15) is 12.4 Å². The number of pyridine rings is 1. The highest BCUT2D eigenvalue weighted by molar-refractivity contribution is 5.20. The van der Waals surface area contributed by atoms with Crippen LogP contribution in [0.3, 0.4) is 0 Å². The van der Waals surface area contributed by atoms with E-state index in [9.17, 15) is 0 Å². The van der Waals surface area contributed by atoms with E-state index in [0.717, 1.165) is 23.6 Å². The summed E-state index contributed by atoms with van der Waals surface area (Å²) < 4.78 is 7.43. The van der Waals surface area contributed by atoms with Crippen LogP contribution >= 0.6 is 0 Å². The van der Waals surface area contributed by atoms with Gasteiger partial charge in [0.25, 0.3) is 0 Å². The van der Waals surface area contributed by atoms with Gasteiger partial charge in [0, 0.05) is 31.4 Å². The van der Waals surface area contributed by atoms with Gasteiger partial charge in [0.05, 0.1) is 18.1 Å². The van der Waals surface area contributed by atoms with Gasteiger partial charge in [-0.25, -0.2) is 0 Å². The quantitative estimate of drug-likeness (QED) is 0.856. The van der Waals surface area contributed by atoms with Crippen LogP contribution in [0, 0.1) is 0 Å². The van der Waals surface area contributed by atoms with E-state index in [4.69, 9.17) is 4.74 Å². The maximum absolute atomic E-state index is 5.66. The lowest BCUT2D eigenvalue weighted by Crippen LogP contribution is -2.16. The van der Waals surface area contributed by atoms with Crippen molar-refractivity contribution in [2.45, 2.75) is 32.0 Å². The molecule has 2 aromatic heterocycles. The molecule has 0 atom stereocenters. The third-order valence-corrected chi connectivity index (χ3v) is 3.11. The van der Waals surface area contributed by atoms with Crippen LogP contribution in [0.5, 0.6) is 5.75 Å². The summed E-state index contributed by atoms with van der Waals surface area (Å²) in [5, 5.41) is 7.54. The van der Waals surface area contributed by atoms with Crippen LogP contribution in [0.15, 0.2) is 30.7 Å². The fourth-order valence-electron chi connectivity index (χ4n) is 1.85. The van der Waals surface area contributed by atoms with E-state index in [1.165, 1.54) is 12.8 Å². The molecule has 0 amide bonds. The molecule has 0 saturated heterocycles. The summed E-state index contributed by atoms with van der Waals surface area (Å²) in [6.07, 6.45) is 8.13. The first-order valence-electron chi connectivity index (χ1n) is 6.58. The number of nitrogens with one attached hydrogen (secondary N) is 1. The van der Waals surface area contributed by atoms with Crippen molar-refractivity contribution in [3.05, 3.63) is 42.0 Å². The summed E-state index contributed by atoms with van der Waals surface area (Å²) in [6.45, 7) is 1.36. The van der Waals surface area contributed by atoms with Gasteiger partial charge in [-0.1, -0.05) is 0 Å². The molecular formula is C14H18N4O. The number of hydrogen-bond acceptors (Lipinski definition) is 4. The Morgan fingerprint density at radius 3 is 2.89 bits per heavy atom. The number of ether oxygens (including phenoxy) is 1. The number of hydrogen-bond donors (Lipinski definition) is 1. The Morgan fingerprint density at radius 2 is 2.26 bits per heavy atom. The highest BCUT2D eigenvalue weighted by Gasteiger charge is 2.19. The molecule has 1 saturated carbocycles. The van der Waals surface area contributed by atoms with Crippen molar-refractivity contribution in [2.75, 3.05) is 0 Å². The molecule has 0 bridgehead atoms. The second-order valence-corrected chi connectivity index (χ2v) is 4.95. The Balaban J connectivity index is 1.50. The van der Waals surface area contributed by atoms with Crippen molar-refractivity contribution in [3.8, 4) is 5.75 Å². The standard InChI is InChI=1S/C14H18N4O/c1-18-9-11(6-17-18)10-19-14-5-4-13(16-8-14)7-15-12-2-3-12/h4-6,8-9,12,15H,2-3,7,10H2,1H3. The van der Waals surface area contributed by atoms with E-state index in [1.54, 1.807) is 17.1 Å². The number of aromatic nitrogens is 3. The molecule has 1 fully saturated rings. The topological polar surface area (TPSA) is 52.0 Å². The average Bonchev–Trinajstić information content (AvgIpc) is 3.17. The lowest BCUT2D eigenvalue weighted by Gasteiger charge is -2.06. The zero-order valence-electron chi connectivity index (χ0n) is 11.0. The minimum Gasteiger partial charge on any atom is -0.487 e. The zero-order chi connectivity index (χ0) is 13.1. The Kier molecular flexibility index (Phi) is 3.46. The fourth-order valence-corrected chi connectivity index (χ4v) is 1.85. The summed E-state index contributed by atoms with van der Waals surface area (Å²) in [4.78, 5) is 4.39. The van der Waals surface area contributed by atoms with Gasteiger partial charge in [-0.2, -0.15) is 5.10 Å². The third kappa shape index (κ3) is 3.54. The van der Waals surface area contributed by atoms with E-state index >= 15 is 0 Å². The molecule has 1 aliphatic carbocycles. The first kappa shape index (κ1) is 12.2. The molecule has 0 radical (unpaired) electrons. The minimum atomic E-state index is 0.523. The van der Waals surface area contributed by atoms with Crippen LogP contribution in [-0.2, 0) is 20.2 Å². The van der Waals surface area contributed by atoms with Crippen LogP contribution in [-0.4, -0.2) is 20.8 Å². The molecule has 19 heavy (non-hydrogen) atoms. The molecule has 3 rings (SSSR count). The normalized spacial score (nSPS) is 14.6. The lowest BCUT2D eigenvalue weighted by molar-refractivity contribution is 0.304. The Labute approximate surface area is 112 Å². The highest BCUT2D eigenvalue weighted by Crippen LogP contribution is 2.19. The van der Waals surface area contributed by atoms with Crippen LogP contribution in [0.4, 0.5) is 0 Å². The molecule has 5 nitrogen and oxygen atoms in total. The molecule has 100 valence electrons. The maximum Gasteiger partial charge on any atom is 0.138 e. The van der Waals surface area contributed by atoms with Crippen LogP contribution < -0.4 is 10.1 Å². The van der Waals surface area contributed by atoms with E-state index in [2.05, 4.69) is 15.4 Å². The van der Waals surface area contributed by atoms with Crippen molar-refractivity contribution in [1.82, 2.24) is 20.1 Å². The Bertz CT molecular complexity index is 531. The lowest BCUT2D eigenvalue weighted by atomic mass is 10.3. The molecule has 5 heteroatoms.